The summed E-state index contributed by atoms with van der Waals surface area (Å²) in [6, 6.07) is 3.97. The predicted molar refractivity (Wildman–Crippen MR) is 72.0 cm³/mol. The molecule has 0 heterocycles. The first-order chi connectivity index (χ1) is 8.85. The van der Waals surface area contributed by atoms with Crippen LogP contribution in [0, 0.1) is 0 Å². The summed E-state index contributed by atoms with van der Waals surface area (Å²) in [5.41, 5.74) is 5.47. The zero-order valence-electron chi connectivity index (χ0n) is 11.5. The van der Waals surface area contributed by atoms with E-state index in [1.54, 1.807) is 0 Å². The first-order valence-corrected chi connectivity index (χ1v) is 7.86. The van der Waals surface area contributed by atoms with Gasteiger partial charge in [-0.2, -0.15) is 13.2 Å². The lowest BCUT2D eigenvalue weighted by atomic mass is 9.95. The topological polar surface area (TPSA) is 60.2 Å². The van der Waals surface area contributed by atoms with Crippen molar-refractivity contribution < 1.29 is 21.6 Å². The highest BCUT2D eigenvalue weighted by Gasteiger charge is 2.37. The van der Waals surface area contributed by atoms with Crippen LogP contribution in [0.15, 0.2) is 24.3 Å². The van der Waals surface area contributed by atoms with Crippen LogP contribution in [-0.2, 0) is 22.4 Å². The summed E-state index contributed by atoms with van der Waals surface area (Å²) in [4.78, 5) is 0. The maximum Gasteiger partial charge on any atom is 0.416 e. The number of rotatable bonds is 4. The van der Waals surface area contributed by atoms with Crippen LogP contribution >= 0.6 is 0 Å². The smallest absolute Gasteiger partial charge is 0.326 e. The van der Waals surface area contributed by atoms with Gasteiger partial charge in [0, 0.05) is 12.3 Å². The van der Waals surface area contributed by atoms with Gasteiger partial charge in [-0.25, -0.2) is 8.42 Å². The Balaban J connectivity index is 3.01. The van der Waals surface area contributed by atoms with E-state index in [4.69, 9.17) is 5.73 Å². The van der Waals surface area contributed by atoms with E-state index in [-0.39, 0.29) is 6.42 Å². The van der Waals surface area contributed by atoms with Crippen LogP contribution in [0.1, 0.15) is 25.0 Å². The molecule has 0 aliphatic rings. The predicted octanol–water partition coefficient (Wildman–Crippen LogP) is 2.40. The van der Waals surface area contributed by atoms with Gasteiger partial charge in [0.1, 0.15) is 0 Å². The Labute approximate surface area is 116 Å². The Kier molecular flexibility index (Phi) is 4.55. The number of sulfone groups is 1. The van der Waals surface area contributed by atoms with Crippen molar-refractivity contribution in [3.05, 3.63) is 35.4 Å². The fourth-order valence-corrected chi connectivity index (χ4v) is 2.28. The van der Waals surface area contributed by atoms with Gasteiger partial charge in [-0.15, -0.1) is 0 Å². The maximum absolute atomic E-state index is 12.6. The molecule has 0 aliphatic carbocycles. The molecule has 1 rings (SSSR count). The molecule has 0 spiro atoms. The number of benzene rings is 1. The monoisotopic (exact) mass is 309 g/mol. The normalized spacial score (nSPS) is 15.2. The Morgan fingerprint density at radius 3 is 2.25 bits per heavy atom. The molecule has 3 nitrogen and oxygen atoms in total. The summed E-state index contributed by atoms with van der Waals surface area (Å²) in [6.45, 7) is 2.95. The lowest BCUT2D eigenvalue weighted by Crippen LogP contribution is -2.49. The van der Waals surface area contributed by atoms with Crippen LogP contribution in [0.3, 0.4) is 0 Å². The minimum Gasteiger partial charge on any atom is -0.326 e. The van der Waals surface area contributed by atoms with Gasteiger partial charge >= 0.3 is 6.18 Å². The third-order valence-corrected chi connectivity index (χ3v) is 5.77. The summed E-state index contributed by atoms with van der Waals surface area (Å²) >= 11 is 0. The molecule has 1 unspecified atom stereocenters. The average molecular weight is 309 g/mol. The number of halogens is 3. The first-order valence-electron chi connectivity index (χ1n) is 5.97. The molecule has 114 valence electrons. The van der Waals surface area contributed by atoms with Gasteiger partial charge < -0.3 is 5.73 Å². The lowest BCUT2D eigenvalue weighted by molar-refractivity contribution is -0.137. The van der Waals surface area contributed by atoms with Crippen LogP contribution in [0.4, 0.5) is 13.2 Å². The van der Waals surface area contributed by atoms with Gasteiger partial charge in [0.05, 0.1) is 10.3 Å². The Morgan fingerprint density at radius 2 is 1.80 bits per heavy atom. The van der Waals surface area contributed by atoms with E-state index in [2.05, 4.69) is 0 Å². The van der Waals surface area contributed by atoms with Gasteiger partial charge in [0.15, 0.2) is 9.84 Å². The standard InChI is InChI=1S/C13H18F3NO2S/c1-12(2,20(3,18)19)11(17)8-9-5-4-6-10(7-9)13(14,15)16/h4-7,11H,8,17H2,1-3H3. The molecule has 0 aliphatic heterocycles. The maximum atomic E-state index is 12.6. The van der Waals surface area contributed by atoms with E-state index >= 15 is 0 Å². The minimum atomic E-state index is -4.42. The Hall–Kier alpha value is -1.08. The molecular weight excluding hydrogens is 291 g/mol. The van der Waals surface area contributed by atoms with Crippen LogP contribution < -0.4 is 5.73 Å². The lowest BCUT2D eigenvalue weighted by Gasteiger charge is -2.29. The van der Waals surface area contributed by atoms with E-state index in [1.165, 1.54) is 26.0 Å². The van der Waals surface area contributed by atoms with E-state index < -0.39 is 32.4 Å². The zero-order chi connectivity index (χ0) is 15.8. The fourth-order valence-electron chi connectivity index (χ4n) is 1.65. The summed E-state index contributed by atoms with van der Waals surface area (Å²) in [7, 11) is -3.41. The summed E-state index contributed by atoms with van der Waals surface area (Å²) in [6.07, 6.45) is -3.30. The van der Waals surface area contributed by atoms with Gasteiger partial charge in [-0.1, -0.05) is 18.2 Å². The van der Waals surface area contributed by atoms with Crippen LogP contribution in [-0.4, -0.2) is 25.5 Å². The van der Waals surface area contributed by atoms with Crippen molar-refractivity contribution in [1.29, 1.82) is 0 Å². The number of alkyl halides is 3. The molecule has 0 saturated heterocycles. The van der Waals surface area contributed by atoms with Crippen molar-refractivity contribution >= 4 is 9.84 Å². The number of hydrogen-bond acceptors (Lipinski definition) is 3. The zero-order valence-corrected chi connectivity index (χ0v) is 12.3. The van der Waals surface area contributed by atoms with Crippen molar-refractivity contribution in [2.45, 2.75) is 37.2 Å². The number of nitrogens with two attached hydrogens (primary N) is 1. The van der Waals surface area contributed by atoms with Crippen molar-refractivity contribution in [3.8, 4) is 0 Å². The SMILES string of the molecule is CC(C)(C(N)Cc1cccc(C(F)(F)F)c1)S(C)(=O)=O. The average Bonchev–Trinajstić information content (AvgIpc) is 2.26. The highest BCUT2D eigenvalue weighted by atomic mass is 32.2. The molecule has 1 aromatic carbocycles. The van der Waals surface area contributed by atoms with Crippen molar-refractivity contribution in [2.75, 3.05) is 6.26 Å². The highest BCUT2D eigenvalue weighted by molar-refractivity contribution is 7.92. The second-order valence-electron chi connectivity index (χ2n) is 5.38. The molecule has 0 amide bonds. The molecule has 0 aromatic heterocycles. The van der Waals surface area contributed by atoms with Crippen LogP contribution in [0.25, 0.3) is 0 Å². The Morgan fingerprint density at radius 1 is 1.25 bits per heavy atom. The van der Waals surface area contributed by atoms with E-state index in [1.807, 2.05) is 0 Å². The molecule has 0 saturated carbocycles. The van der Waals surface area contributed by atoms with Crippen LogP contribution in [0.5, 0.6) is 0 Å². The molecule has 20 heavy (non-hydrogen) atoms. The summed E-state index contributed by atoms with van der Waals surface area (Å²) in [5.74, 6) is 0. The first kappa shape index (κ1) is 17.0. The van der Waals surface area contributed by atoms with Crippen molar-refractivity contribution in [3.63, 3.8) is 0 Å². The van der Waals surface area contributed by atoms with Crippen molar-refractivity contribution in [2.24, 2.45) is 5.73 Å². The van der Waals surface area contributed by atoms with E-state index in [9.17, 15) is 21.6 Å². The van der Waals surface area contributed by atoms with E-state index in [0.29, 0.717) is 5.56 Å². The molecule has 2 N–H and O–H groups in total. The van der Waals surface area contributed by atoms with Gasteiger partial charge in [0.2, 0.25) is 0 Å². The van der Waals surface area contributed by atoms with Gasteiger partial charge in [-0.05, 0) is 31.9 Å². The molecule has 0 fully saturated rings. The molecule has 1 aromatic rings. The quantitative estimate of drug-likeness (QED) is 0.929. The second kappa shape index (κ2) is 5.37. The fraction of sp³-hybridized carbons (Fsp3) is 0.538. The van der Waals surface area contributed by atoms with Crippen molar-refractivity contribution in [1.82, 2.24) is 0 Å². The molecule has 7 heteroatoms. The van der Waals surface area contributed by atoms with Gasteiger partial charge in [-0.3, -0.25) is 0 Å². The largest absolute Gasteiger partial charge is 0.416 e. The number of hydrogen-bond donors (Lipinski definition) is 1. The molecule has 1 atom stereocenters. The van der Waals surface area contributed by atoms with E-state index in [0.717, 1.165) is 18.4 Å². The van der Waals surface area contributed by atoms with Gasteiger partial charge in [0.25, 0.3) is 0 Å². The summed E-state index contributed by atoms with van der Waals surface area (Å²) in [5, 5.41) is 0. The Bertz CT molecular complexity index is 580. The second-order valence-corrected chi connectivity index (χ2v) is 7.98. The highest BCUT2D eigenvalue weighted by Crippen LogP contribution is 2.30. The third kappa shape index (κ3) is 3.73. The molecule has 0 radical (unpaired) electrons. The summed E-state index contributed by atoms with van der Waals surface area (Å²) < 4.78 is 59.9. The molecular formula is C13H18F3NO2S. The van der Waals surface area contributed by atoms with Crippen LogP contribution in [0.2, 0.25) is 0 Å². The molecule has 0 bridgehead atoms. The minimum absolute atomic E-state index is 0.0595. The third-order valence-electron chi connectivity index (χ3n) is 3.56.